The van der Waals surface area contributed by atoms with Crippen molar-refractivity contribution < 1.29 is 14.3 Å². The molecule has 0 heterocycles. The van der Waals surface area contributed by atoms with E-state index in [4.69, 9.17) is 4.74 Å². The van der Waals surface area contributed by atoms with Crippen LogP contribution in [0.3, 0.4) is 0 Å². The summed E-state index contributed by atoms with van der Waals surface area (Å²) in [5.41, 5.74) is 0. The molecule has 3 nitrogen and oxygen atoms in total. The number of Topliss-reactive ketones (excluding diaryl/α,β-unsaturated/α-hetero) is 1. The first kappa shape index (κ1) is 13.6. The topological polar surface area (TPSA) is 43.4 Å². The highest BCUT2D eigenvalue weighted by Gasteiger charge is 2.23. The highest BCUT2D eigenvalue weighted by Crippen LogP contribution is 2.10. The average molecular weight is 265 g/mol. The van der Waals surface area contributed by atoms with Gasteiger partial charge in [0.25, 0.3) is 0 Å². The maximum absolute atomic E-state index is 11.4. The van der Waals surface area contributed by atoms with E-state index < -0.39 is 10.8 Å². The molecule has 0 saturated carbocycles. The van der Waals surface area contributed by atoms with Crippen LogP contribution in [0.5, 0.6) is 0 Å². The Bertz CT molecular complexity index is 192. The summed E-state index contributed by atoms with van der Waals surface area (Å²) in [6.07, 6.45) is 3.38. The van der Waals surface area contributed by atoms with Crippen molar-refractivity contribution in [2.24, 2.45) is 0 Å². The Morgan fingerprint density at radius 1 is 1.29 bits per heavy atom. The van der Waals surface area contributed by atoms with Gasteiger partial charge in [0, 0.05) is 6.42 Å². The summed E-state index contributed by atoms with van der Waals surface area (Å²) in [5.74, 6) is -0.564. The summed E-state index contributed by atoms with van der Waals surface area (Å²) in [5, 5.41) is 0. The molecule has 0 saturated heterocycles. The molecule has 82 valence electrons. The molecule has 0 rings (SSSR count). The summed E-state index contributed by atoms with van der Waals surface area (Å²) in [6, 6.07) is 0. The van der Waals surface area contributed by atoms with Gasteiger partial charge in [-0.3, -0.25) is 9.59 Å². The summed E-state index contributed by atoms with van der Waals surface area (Å²) < 4.78 is 4.72. The minimum absolute atomic E-state index is 0.0862. The van der Waals surface area contributed by atoms with Crippen molar-refractivity contribution in [3.05, 3.63) is 0 Å². The lowest BCUT2D eigenvalue weighted by Crippen LogP contribution is -2.26. The molecule has 1 atom stereocenters. The normalized spacial score (nSPS) is 12.2. The third kappa shape index (κ3) is 5.37. The molecule has 0 fully saturated rings. The number of ether oxygens (including phenoxy) is 1. The quantitative estimate of drug-likeness (QED) is 0.307. The molecule has 14 heavy (non-hydrogen) atoms. The van der Waals surface area contributed by atoms with Gasteiger partial charge in [0.2, 0.25) is 0 Å². The summed E-state index contributed by atoms with van der Waals surface area (Å²) in [7, 11) is 0. The van der Waals surface area contributed by atoms with Crippen molar-refractivity contribution in [1.82, 2.24) is 0 Å². The van der Waals surface area contributed by atoms with Crippen molar-refractivity contribution in [1.29, 1.82) is 0 Å². The van der Waals surface area contributed by atoms with E-state index in [1.54, 1.807) is 6.92 Å². The third-order valence-electron chi connectivity index (χ3n) is 1.80. The number of halogens is 1. The number of hydrogen-bond acceptors (Lipinski definition) is 3. The monoisotopic (exact) mass is 264 g/mol. The first-order chi connectivity index (χ1) is 6.63. The lowest BCUT2D eigenvalue weighted by molar-refractivity contribution is -0.144. The number of ketones is 1. The Hall–Kier alpha value is -0.380. The van der Waals surface area contributed by atoms with Crippen molar-refractivity contribution in [3.8, 4) is 0 Å². The molecule has 4 heteroatoms. The fraction of sp³-hybridized carbons (Fsp3) is 0.800. The Morgan fingerprint density at radius 2 is 1.93 bits per heavy atom. The standard InChI is InChI=1S/C10H17BrO3/c1-3-5-6-7-8(12)9(11)10(13)14-4-2/h9H,3-7H2,1-2H3. The van der Waals surface area contributed by atoms with Crippen LogP contribution in [0.25, 0.3) is 0 Å². The van der Waals surface area contributed by atoms with Crippen LogP contribution < -0.4 is 0 Å². The van der Waals surface area contributed by atoms with Gasteiger partial charge in [-0.25, -0.2) is 0 Å². The molecule has 0 bridgehead atoms. The Morgan fingerprint density at radius 3 is 2.43 bits per heavy atom. The van der Waals surface area contributed by atoms with Crippen molar-refractivity contribution in [3.63, 3.8) is 0 Å². The van der Waals surface area contributed by atoms with Crippen LogP contribution in [-0.4, -0.2) is 23.2 Å². The van der Waals surface area contributed by atoms with E-state index in [0.29, 0.717) is 13.0 Å². The Balaban J connectivity index is 3.80. The predicted octanol–water partition coefficient (Wildman–Crippen LogP) is 2.46. The van der Waals surface area contributed by atoms with Gasteiger partial charge in [-0.15, -0.1) is 0 Å². The van der Waals surface area contributed by atoms with Gasteiger partial charge in [0.05, 0.1) is 6.61 Å². The average Bonchev–Trinajstić information content (AvgIpc) is 2.17. The number of esters is 1. The zero-order chi connectivity index (χ0) is 11.0. The van der Waals surface area contributed by atoms with Crippen LogP contribution in [0.1, 0.15) is 39.5 Å². The van der Waals surface area contributed by atoms with Gasteiger partial charge in [-0.2, -0.15) is 0 Å². The SMILES string of the molecule is CCCCCC(=O)C(Br)C(=O)OCC. The largest absolute Gasteiger partial charge is 0.465 e. The lowest BCUT2D eigenvalue weighted by atomic mass is 10.1. The minimum atomic E-state index is -0.778. The second-order valence-electron chi connectivity index (χ2n) is 3.04. The smallest absolute Gasteiger partial charge is 0.327 e. The van der Waals surface area contributed by atoms with Gasteiger partial charge in [-0.05, 0) is 13.3 Å². The number of hydrogen-bond donors (Lipinski definition) is 0. The van der Waals surface area contributed by atoms with Crippen LogP contribution >= 0.6 is 15.9 Å². The molecule has 0 aliphatic rings. The van der Waals surface area contributed by atoms with E-state index in [-0.39, 0.29) is 5.78 Å². The molecule has 1 unspecified atom stereocenters. The number of alkyl halides is 1. The zero-order valence-electron chi connectivity index (χ0n) is 8.72. The van der Waals surface area contributed by atoms with Crippen LogP contribution in [-0.2, 0) is 14.3 Å². The highest BCUT2D eigenvalue weighted by molar-refractivity contribution is 9.10. The van der Waals surface area contributed by atoms with Crippen LogP contribution in [0.2, 0.25) is 0 Å². The minimum Gasteiger partial charge on any atom is -0.465 e. The first-order valence-electron chi connectivity index (χ1n) is 4.96. The molecule has 0 aromatic rings. The maximum atomic E-state index is 11.4. The first-order valence-corrected chi connectivity index (χ1v) is 5.88. The molecular weight excluding hydrogens is 248 g/mol. The number of unbranched alkanes of at least 4 members (excludes halogenated alkanes) is 2. The van der Waals surface area contributed by atoms with Crippen molar-refractivity contribution in [2.45, 2.75) is 44.4 Å². The fourth-order valence-corrected chi connectivity index (χ4v) is 1.38. The molecule has 0 aliphatic carbocycles. The molecule has 0 spiro atoms. The summed E-state index contributed by atoms with van der Waals surface area (Å²) >= 11 is 3.04. The third-order valence-corrected chi connectivity index (χ3v) is 2.69. The van der Waals surface area contributed by atoms with E-state index in [1.807, 2.05) is 0 Å². The van der Waals surface area contributed by atoms with E-state index in [0.717, 1.165) is 19.3 Å². The number of carbonyl (C=O) groups is 2. The van der Waals surface area contributed by atoms with E-state index in [2.05, 4.69) is 22.9 Å². The summed E-state index contributed by atoms with van der Waals surface area (Å²) in [6.45, 7) is 4.10. The van der Waals surface area contributed by atoms with Crippen LogP contribution in [0.15, 0.2) is 0 Å². The second kappa shape index (κ2) is 7.97. The molecular formula is C10H17BrO3. The maximum Gasteiger partial charge on any atom is 0.327 e. The lowest BCUT2D eigenvalue weighted by Gasteiger charge is -2.07. The Kier molecular flexibility index (Phi) is 7.76. The number of rotatable bonds is 7. The van der Waals surface area contributed by atoms with Crippen LogP contribution in [0.4, 0.5) is 0 Å². The molecule has 0 N–H and O–H groups in total. The predicted molar refractivity (Wildman–Crippen MR) is 58.5 cm³/mol. The zero-order valence-corrected chi connectivity index (χ0v) is 10.3. The Labute approximate surface area is 93.3 Å². The van der Waals surface area contributed by atoms with Gasteiger partial charge in [0.1, 0.15) is 0 Å². The highest BCUT2D eigenvalue weighted by atomic mass is 79.9. The molecule has 0 radical (unpaired) electrons. The van der Waals surface area contributed by atoms with Gasteiger partial charge in [-0.1, -0.05) is 35.7 Å². The van der Waals surface area contributed by atoms with E-state index in [9.17, 15) is 9.59 Å². The van der Waals surface area contributed by atoms with Crippen molar-refractivity contribution >= 4 is 27.7 Å². The molecule has 0 aromatic carbocycles. The number of carbonyl (C=O) groups excluding carboxylic acids is 2. The van der Waals surface area contributed by atoms with Crippen LogP contribution in [0, 0.1) is 0 Å². The van der Waals surface area contributed by atoms with Gasteiger partial charge in [0.15, 0.2) is 10.6 Å². The molecule has 0 amide bonds. The van der Waals surface area contributed by atoms with Gasteiger partial charge >= 0.3 is 5.97 Å². The molecule has 0 aliphatic heterocycles. The molecule has 0 aromatic heterocycles. The fourth-order valence-electron chi connectivity index (χ4n) is 1.02. The van der Waals surface area contributed by atoms with Gasteiger partial charge < -0.3 is 4.74 Å². The van der Waals surface area contributed by atoms with E-state index >= 15 is 0 Å². The summed E-state index contributed by atoms with van der Waals surface area (Å²) in [4.78, 5) is 21.7. The second-order valence-corrected chi connectivity index (χ2v) is 3.95. The van der Waals surface area contributed by atoms with E-state index in [1.165, 1.54) is 0 Å². The van der Waals surface area contributed by atoms with Crippen molar-refractivity contribution in [2.75, 3.05) is 6.61 Å².